The molecule has 1 aromatic carbocycles. The van der Waals surface area contributed by atoms with E-state index >= 15 is 0 Å². The summed E-state index contributed by atoms with van der Waals surface area (Å²) < 4.78 is 9.71. The average molecular weight is 401 g/mol. The first-order valence-corrected chi connectivity index (χ1v) is 8.85. The summed E-state index contributed by atoms with van der Waals surface area (Å²) in [5, 5.41) is 5.09. The highest BCUT2D eigenvalue weighted by Gasteiger charge is 2.17. The highest BCUT2D eigenvalue weighted by atomic mass is 16.5. The second-order valence-electron chi connectivity index (χ2n) is 6.39. The molecule has 0 unspecified atom stereocenters. The zero-order valence-corrected chi connectivity index (χ0v) is 16.5. The number of esters is 1. The van der Waals surface area contributed by atoms with Crippen molar-refractivity contribution in [3.8, 4) is 0 Å². The number of rotatable bonds is 8. The van der Waals surface area contributed by atoms with E-state index in [0.29, 0.717) is 5.69 Å². The summed E-state index contributed by atoms with van der Waals surface area (Å²) in [5.74, 6) is -2.21. The van der Waals surface area contributed by atoms with Gasteiger partial charge in [0.1, 0.15) is 6.54 Å². The molecule has 0 saturated carbocycles. The minimum absolute atomic E-state index is 0.0588. The summed E-state index contributed by atoms with van der Waals surface area (Å²) in [6, 6.07) is 8.63. The highest BCUT2D eigenvalue weighted by Crippen LogP contribution is 2.19. The molecular weight excluding hydrogens is 378 g/mol. The summed E-state index contributed by atoms with van der Waals surface area (Å²) in [6.07, 6.45) is 1.33. The Morgan fingerprint density at radius 3 is 2.38 bits per heavy atom. The van der Waals surface area contributed by atoms with Crippen LogP contribution >= 0.6 is 0 Å². The zero-order chi connectivity index (χ0) is 21.4. The van der Waals surface area contributed by atoms with E-state index in [4.69, 9.17) is 9.15 Å². The van der Waals surface area contributed by atoms with Gasteiger partial charge in [-0.1, -0.05) is 18.2 Å². The summed E-state index contributed by atoms with van der Waals surface area (Å²) in [4.78, 5) is 48.7. The lowest BCUT2D eigenvalue weighted by molar-refractivity contribution is -0.150. The Morgan fingerprint density at radius 2 is 1.76 bits per heavy atom. The third kappa shape index (κ3) is 6.49. The van der Waals surface area contributed by atoms with Crippen molar-refractivity contribution in [2.24, 2.45) is 0 Å². The van der Waals surface area contributed by atoms with Crippen molar-refractivity contribution in [1.29, 1.82) is 0 Å². The normalized spacial score (nSPS) is 10.2. The van der Waals surface area contributed by atoms with Gasteiger partial charge in [-0.2, -0.15) is 0 Å². The van der Waals surface area contributed by atoms with Crippen LogP contribution in [0.25, 0.3) is 0 Å². The molecule has 2 rings (SSSR count). The van der Waals surface area contributed by atoms with Crippen LogP contribution in [0.4, 0.5) is 5.69 Å². The van der Waals surface area contributed by atoms with Gasteiger partial charge in [0.15, 0.2) is 12.4 Å². The van der Waals surface area contributed by atoms with Gasteiger partial charge in [0.25, 0.3) is 11.8 Å². The van der Waals surface area contributed by atoms with E-state index in [0.717, 1.165) is 16.0 Å². The van der Waals surface area contributed by atoms with Gasteiger partial charge in [0.05, 0.1) is 12.8 Å². The number of nitrogens with one attached hydrogen (secondary N) is 2. The Hall–Kier alpha value is -3.62. The molecule has 0 atom stereocenters. The molecule has 3 amide bonds. The fourth-order valence-corrected chi connectivity index (χ4v) is 2.44. The fraction of sp³-hybridized carbons (Fsp3) is 0.300. The van der Waals surface area contributed by atoms with Crippen molar-refractivity contribution < 1.29 is 28.3 Å². The Kier molecular flexibility index (Phi) is 7.53. The molecule has 29 heavy (non-hydrogen) atoms. The SMILES string of the molecule is Cc1cccc(C)c1NC(=O)CN(C)C(=O)COC(=O)CNC(=O)c1ccco1. The number of likely N-dealkylation sites (N-methyl/N-ethyl adjacent to an activating group) is 1. The van der Waals surface area contributed by atoms with Gasteiger partial charge in [-0.3, -0.25) is 19.2 Å². The number of carbonyl (C=O) groups excluding carboxylic acids is 4. The van der Waals surface area contributed by atoms with E-state index < -0.39 is 30.9 Å². The van der Waals surface area contributed by atoms with E-state index in [-0.39, 0.29) is 18.2 Å². The summed E-state index contributed by atoms with van der Waals surface area (Å²) in [5.41, 5.74) is 2.53. The lowest BCUT2D eigenvalue weighted by atomic mass is 10.1. The Labute approximate surface area is 168 Å². The van der Waals surface area contributed by atoms with Crippen LogP contribution in [-0.2, 0) is 19.1 Å². The van der Waals surface area contributed by atoms with Gasteiger partial charge < -0.3 is 24.7 Å². The number of anilines is 1. The Bertz CT molecular complexity index is 871. The topological polar surface area (TPSA) is 118 Å². The van der Waals surface area contributed by atoms with Crippen LogP contribution in [0.3, 0.4) is 0 Å². The van der Waals surface area contributed by atoms with Crippen molar-refractivity contribution in [2.45, 2.75) is 13.8 Å². The van der Waals surface area contributed by atoms with Crippen LogP contribution in [0.15, 0.2) is 41.0 Å². The summed E-state index contributed by atoms with van der Waals surface area (Å²) in [7, 11) is 1.43. The quantitative estimate of drug-likeness (QED) is 0.643. The Morgan fingerprint density at radius 1 is 1.07 bits per heavy atom. The van der Waals surface area contributed by atoms with Gasteiger partial charge in [0.2, 0.25) is 5.91 Å². The number of amides is 3. The maximum atomic E-state index is 12.2. The number of ether oxygens (including phenoxy) is 1. The van der Waals surface area contributed by atoms with Crippen LogP contribution in [0, 0.1) is 13.8 Å². The molecule has 0 spiro atoms. The first-order valence-electron chi connectivity index (χ1n) is 8.85. The van der Waals surface area contributed by atoms with E-state index in [1.54, 1.807) is 0 Å². The number of benzene rings is 1. The van der Waals surface area contributed by atoms with E-state index in [1.807, 2.05) is 32.0 Å². The third-order valence-electron chi connectivity index (χ3n) is 4.05. The first-order chi connectivity index (χ1) is 13.8. The average Bonchev–Trinajstić information content (AvgIpc) is 3.22. The van der Waals surface area contributed by atoms with Gasteiger partial charge >= 0.3 is 5.97 Å². The lowest BCUT2D eigenvalue weighted by Crippen LogP contribution is -2.38. The number of aryl methyl sites for hydroxylation is 2. The van der Waals surface area contributed by atoms with Crippen LogP contribution in [0.5, 0.6) is 0 Å². The summed E-state index contributed by atoms with van der Waals surface area (Å²) in [6.45, 7) is 2.61. The number of hydrogen-bond acceptors (Lipinski definition) is 6. The van der Waals surface area contributed by atoms with Gasteiger partial charge in [-0.25, -0.2) is 0 Å². The van der Waals surface area contributed by atoms with E-state index in [2.05, 4.69) is 10.6 Å². The predicted octanol–water partition coefficient (Wildman–Crippen LogP) is 1.27. The number of para-hydroxylation sites is 1. The molecule has 1 aromatic heterocycles. The summed E-state index contributed by atoms with van der Waals surface area (Å²) >= 11 is 0. The van der Waals surface area contributed by atoms with Gasteiger partial charge in [-0.15, -0.1) is 0 Å². The van der Waals surface area contributed by atoms with E-state index in [9.17, 15) is 19.2 Å². The molecule has 9 heteroatoms. The molecule has 0 saturated heterocycles. The van der Waals surface area contributed by atoms with Crippen molar-refractivity contribution in [3.05, 3.63) is 53.5 Å². The molecular formula is C20H23N3O6. The monoisotopic (exact) mass is 401 g/mol. The Balaban J connectivity index is 1.73. The van der Waals surface area contributed by atoms with Crippen molar-refractivity contribution in [1.82, 2.24) is 10.2 Å². The van der Waals surface area contributed by atoms with Crippen LogP contribution in [-0.4, -0.2) is 55.3 Å². The second kappa shape index (κ2) is 10.1. The zero-order valence-electron chi connectivity index (χ0n) is 16.5. The largest absolute Gasteiger partial charge is 0.459 e. The van der Waals surface area contributed by atoms with E-state index in [1.165, 1.54) is 25.4 Å². The van der Waals surface area contributed by atoms with Gasteiger partial charge in [0, 0.05) is 12.7 Å². The standard InChI is InChI=1S/C20H23N3O6/c1-13-6-4-7-14(2)19(13)22-16(24)11-23(3)17(25)12-29-18(26)10-21-20(27)15-8-5-9-28-15/h4-9H,10-12H2,1-3H3,(H,21,27)(H,22,24). The maximum absolute atomic E-state index is 12.2. The molecule has 154 valence electrons. The number of hydrogen-bond donors (Lipinski definition) is 2. The third-order valence-corrected chi connectivity index (χ3v) is 4.05. The van der Waals surface area contributed by atoms with Crippen LogP contribution < -0.4 is 10.6 Å². The lowest BCUT2D eigenvalue weighted by Gasteiger charge is -2.18. The van der Waals surface area contributed by atoms with Gasteiger partial charge in [-0.05, 0) is 37.1 Å². The molecule has 0 aliphatic carbocycles. The molecule has 2 N–H and O–H groups in total. The number of carbonyl (C=O) groups is 4. The minimum Gasteiger partial charge on any atom is -0.459 e. The maximum Gasteiger partial charge on any atom is 0.325 e. The van der Waals surface area contributed by atoms with Crippen LogP contribution in [0.2, 0.25) is 0 Å². The fourth-order valence-electron chi connectivity index (χ4n) is 2.44. The molecule has 0 fully saturated rings. The molecule has 0 bridgehead atoms. The highest BCUT2D eigenvalue weighted by molar-refractivity contribution is 5.96. The van der Waals surface area contributed by atoms with Crippen molar-refractivity contribution in [2.75, 3.05) is 32.1 Å². The molecule has 1 heterocycles. The minimum atomic E-state index is -0.786. The van der Waals surface area contributed by atoms with Crippen LogP contribution in [0.1, 0.15) is 21.7 Å². The smallest absolute Gasteiger partial charge is 0.325 e. The molecule has 2 aromatic rings. The predicted molar refractivity (Wildman–Crippen MR) is 104 cm³/mol. The van der Waals surface area contributed by atoms with Crippen molar-refractivity contribution in [3.63, 3.8) is 0 Å². The molecule has 0 aliphatic heterocycles. The number of furan rings is 1. The van der Waals surface area contributed by atoms with Crippen molar-refractivity contribution >= 4 is 29.4 Å². The second-order valence-corrected chi connectivity index (χ2v) is 6.39. The first kappa shape index (κ1) is 21.7. The molecule has 9 nitrogen and oxygen atoms in total. The molecule has 0 radical (unpaired) electrons. The number of nitrogens with zero attached hydrogens (tertiary/aromatic N) is 1. The molecule has 0 aliphatic rings.